The van der Waals surface area contributed by atoms with Gasteiger partial charge in [-0.05, 0) is 24.8 Å². The summed E-state index contributed by atoms with van der Waals surface area (Å²) in [4.78, 5) is 24.7. The van der Waals surface area contributed by atoms with Crippen LogP contribution in [0.25, 0.3) is 0 Å². The Bertz CT molecular complexity index is 504. The van der Waals surface area contributed by atoms with Gasteiger partial charge in [-0.15, -0.1) is 0 Å². The van der Waals surface area contributed by atoms with Gasteiger partial charge in [0, 0.05) is 12.1 Å². The molecule has 1 N–H and O–H groups in total. The van der Waals surface area contributed by atoms with E-state index in [1.165, 1.54) is 0 Å². The van der Waals surface area contributed by atoms with Gasteiger partial charge in [-0.2, -0.15) is 0 Å². The summed E-state index contributed by atoms with van der Waals surface area (Å²) in [5.41, 5.74) is 0.954. The molecule has 0 radical (unpaired) electrons. The van der Waals surface area contributed by atoms with Gasteiger partial charge < -0.3 is 14.7 Å². The number of benzene rings is 1. The number of carboxylic acid groups (broad SMARTS) is 1. The fraction of sp³-hybridized carbons (Fsp3) is 0.467. The number of carboxylic acids is 1. The molecular weight excluding hydrogens is 258 g/mol. The summed E-state index contributed by atoms with van der Waals surface area (Å²) < 4.78 is 5.30. The SMILES string of the molecule is O=C(O)C1C[C@@H]2C[C@H](C1)N2C(=O)OCc1ccccc1. The summed E-state index contributed by atoms with van der Waals surface area (Å²) in [6.07, 6.45) is 1.68. The lowest BCUT2D eigenvalue weighted by atomic mass is 9.74. The van der Waals surface area contributed by atoms with Crippen LogP contribution >= 0.6 is 0 Å². The fourth-order valence-electron chi connectivity index (χ4n) is 3.17. The highest BCUT2D eigenvalue weighted by atomic mass is 16.6. The van der Waals surface area contributed by atoms with Crippen molar-refractivity contribution in [3.05, 3.63) is 35.9 Å². The van der Waals surface area contributed by atoms with Crippen molar-refractivity contribution in [3.63, 3.8) is 0 Å². The van der Waals surface area contributed by atoms with E-state index in [2.05, 4.69) is 0 Å². The van der Waals surface area contributed by atoms with Crippen LogP contribution in [-0.4, -0.2) is 34.2 Å². The Balaban J connectivity index is 1.54. The van der Waals surface area contributed by atoms with Crippen LogP contribution in [0.15, 0.2) is 30.3 Å². The van der Waals surface area contributed by atoms with Crippen LogP contribution in [0, 0.1) is 5.92 Å². The maximum atomic E-state index is 12.0. The molecule has 2 heterocycles. The third-order valence-corrected chi connectivity index (χ3v) is 4.21. The molecule has 0 spiro atoms. The summed E-state index contributed by atoms with van der Waals surface area (Å²) >= 11 is 0. The lowest BCUT2D eigenvalue weighted by molar-refractivity contribution is -0.149. The van der Waals surface area contributed by atoms with Gasteiger partial charge in [0.15, 0.2) is 0 Å². The van der Waals surface area contributed by atoms with Gasteiger partial charge in [0.2, 0.25) is 0 Å². The summed E-state index contributed by atoms with van der Waals surface area (Å²) in [5, 5.41) is 9.02. The third kappa shape index (κ3) is 2.35. The number of piperidine rings is 1. The predicted molar refractivity (Wildman–Crippen MR) is 71.0 cm³/mol. The van der Waals surface area contributed by atoms with Crippen LogP contribution in [0.4, 0.5) is 4.79 Å². The largest absolute Gasteiger partial charge is 0.481 e. The number of aliphatic carboxylic acids is 1. The molecular formula is C15H17NO4. The number of carbonyl (C=O) groups is 2. The molecule has 2 bridgehead atoms. The summed E-state index contributed by atoms with van der Waals surface area (Å²) in [6, 6.07) is 9.61. The van der Waals surface area contributed by atoms with Crippen molar-refractivity contribution in [1.82, 2.24) is 4.90 Å². The molecule has 1 aromatic carbocycles. The minimum absolute atomic E-state index is 0.0399. The Morgan fingerprint density at radius 3 is 2.40 bits per heavy atom. The van der Waals surface area contributed by atoms with Crippen LogP contribution in [-0.2, 0) is 16.1 Å². The smallest absolute Gasteiger partial charge is 0.410 e. The average Bonchev–Trinajstić information content (AvgIpc) is 2.46. The van der Waals surface area contributed by atoms with Gasteiger partial charge >= 0.3 is 12.1 Å². The monoisotopic (exact) mass is 275 g/mol. The fourth-order valence-corrected chi connectivity index (χ4v) is 3.17. The van der Waals surface area contributed by atoms with E-state index in [9.17, 15) is 9.59 Å². The van der Waals surface area contributed by atoms with Gasteiger partial charge in [0.1, 0.15) is 6.61 Å². The number of rotatable bonds is 3. The van der Waals surface area contributed by atoms with Crippen LogP contribution in [0.3, 0.4) is 0 Å². The van der Waals surface area contributed by atoms with Crippen LogP contribution < -0.4 is 0 Å². The van der Waals surface area contributed by atoms with Gasteiger partial charge in [0.05, 0.1) is 5.92 Å². The van der Waals surface area contributed by atoms with Crippen molar-refractivity contribution < 1.29 is 19.4 Å². The van der Waals surface area contributed by atoms with E-state index in [0.29, 0.717) is 12.8 Å². The first-order valence-electron chi connectivity index (χ1n) is 6.87. The lowest BCUT2D eigenvalue weighted by Crippen LogP contribution is -2.63. The highest BCUT2D eigenvalue weighted by Gasteiger charge is 2.50. The maximum absolute atomic E-state index is 12.0. The molecule has 106 valence electrons. The van der Waals surface area contributed by atoms with Gasteiger partial charge in [-0.3, -0.25) is 4.79 Å². The number of carbonyl (C=O) groups excluding carboxylic acids is 1. The molecule has 1 aliphatic carbocycles. The van der Waals surface area contributed by atoms with E-state index in [1.54, 1.807) is 4.90 Å². The first-order chi connectivity index (χ1) is 9.65. The molecule has 3 atom stereocenters. The molecule has 4 rings (SSSR count). The minimum Gasteiger partial charge on any atom is -0.481 e. The van der Waals surface area contributed by atoms with Gasteiger partial charge in [-0.25, -0.2) is 4.79 Å². The van der Waals surface area contributed by atoms with E-state index in [1.807, 2.05) is 30.3 Å². The molecule has 3 fully saturated rings. The molecule has 2 aliphatic heterocycles. The van der Waals surface area contributed by atoms with Crippen molar-refractivity contribution >= 4 is 12.1 Å². The zero-order chi connectivity index (χ0) is 14.1. The Kier molecular flexibility index (Phi) is 3.34. The maximum Gasteiger partial charge on any atom is 0.410 e. The second-order valence-corrected chi connectivity index (χ2v) is 5.50. The standard InChI is InChI=1S/C15H17NO4/c17-14(18)11-6-12-8-13(7-11)16(12)15(19)20-9-10-4-2-1-3-5-10/h1-5,11-13H,6-9H2,(H,17,18)/t11?,12-,13+. The highest BCUT2D eigenvalue weighted by molar-refractivity contribution is 5.73. The van der Waals surface area contributed by atoms with E-state index < -0.39 is 5.97 Å². The molecule has 1 amide bonds. The summed E-state index contributed by atoms with van der Waals surface area (Å²) in [5.74, 6) is -1.06. The van der Waals surface area contributed by atoms with Crippen molar-refractivity contribution in [2.45, 2.75) is 38.0 Å². The number of hydrogen-bond donors (Lipinski definition) is 1. The Hall–Kier alpha value is -2.04. The van der Waals surface area contributed by atoms with Gasteiger partial charge in [-0.1, -0.05) is 30.3 Å². The van der Waals surface area contributed by atoms with Crippen LogP contribution in [0.5, 0.6) is 0 Å². The number of ether oxygens (including phenoxy) is 1. The zero-order valence-corrected chi connectivity index (χ0v) is 11.1. The summed E-state index contributed by atoms with van der Waals surface area (Å²) in [7, 11) is 0. The molecule has 5 nitrogen and oxygen atoms in total. The summed E-state index contributed by atoms with van der Waals surface area (Å²) in [6.45, 7) is 0.262. The molecule has 0 aromatic heterocycles. The topological polar surface area (TPSA) is 66.8 Å². The van der Waals surface area contributed by atoms with Crippen molar-refractivity contribution in [2.24, 2.45) is 5.92 Å². The Morgan fingerprint density at radius 1 is 1.15 bits per heavy atom. The number of fused-ring (bicyclic) bond motifs is 2. The van der Waals surface area contributed by atoms with E-state index in [4.69, 9.17) is 9.84 Å². The molecule has 2 saturated heterocycles. The first-order valence-corrected chi connectivity index (χ1v) is 6.87. The first kappa shape index (κ1) is 13.0. The highest BCUT2D eigenvalue weighted by Crippen LogP contribution is 2.41. The van der Waals surface area contributed by atoms with E-state index in [0.717, 1.165) is 12.0 Å². The predicted octanol–water partition coefficient (Wildman–Crippen LogP) is 2.26. The number of nitrogens with zero attached hydrogens (tertiary/aromatic N) is 1. The lowest BCUT2D eigenvalue weighted by Gasteiger charge is -2.53. The van der Waals surface area contributed by atoms with E-state index >= 15 is 0 Å². The quantitative estimate of drug-likeness (QED) is 0.918. The molecule has 1 saturated carbocycles. The van der Waals surface area contributed by atoms with E-state index in [-0.39, 0.29) is 30.7 Å². The Morgan fingerprint density at radius 2 is 1.80 bits per heavy atom. The van der Waals surface area contributed by atoms with Crippen molar-refractivity contribution in [2.75, 3.05) is 0 Å². The molecule has 20 heavy (non-hydrogen) atoms. The van der Waals surface area contributed by atoms with Crippen molar-refractivity contribution in [3.8, 4) is 0 Å². The third-order valence-electron chi connectivity index (χ3n) is 4.21. The molecule has 5 heteroatoms. The average molecular weight is 275 g/mol. The Labute approximate surface area is 117 Å². The van der Waals surface area contributed by atoms with Crippen LogP contribution in [0.1, 0.15) is 24.8 Å². The minimum atomic E-state index is -0.753. The van der Waals surface area contributed by atoms with Crippen LogP contribution in [0.2, 0.25) is 0 Å². The van der Waals surface area contributed by atoms with Gasteiger partial charge in [0.25, 0.3) is 0 Å². The molecule has 1 aromatic rings. The zero-order valence-electron chi connectivity index (χ0n) is 11.1. The normalized spacial score (nSPS) is 27.6. The second-order valence-electron chi connectivity index (χ2n) is 5.50. The molecule has 3 aliphatic rings. The second kappa shape index (κ2) is 5.15. The number of amides is 1. The number of hydrogen-bond acceptors (Lipinski definition) is 3. The van der Waals surface area contributed by atoms with Crippen molar-refractivity contribution in [1.29, 1.82) is 0 Å². The molecule has 1 unspecified atom stereocenters.